The van der Waals surface area contributed by atoms with Crippen molar-refractivity contribution >= 4 is 51.4 Å². The topological polar surface area (TPSA) is 70.6 Å². The van der Waals surface area contributed by atoms with Crippen LogP contribution in [0, 0.1) is 5.92 Å². The molecule has 1 aromatic rings. The van der Waals surface area contributed by atoms with Crippen molar-refractivity contribution in [2.45, 2.75) is 19.8 Å². The highest BCUT2D eigenvalue weighted by Gasteiger charge is 2.27. The lowest BCUT2D eigenvalue weighted by atomic mass is 10.1. The molecule has 1 aromatic carbocycles. The van der Waals surface area contributed by atoms with E-state index in [9.17, 15) is 8.42 Å². The van der Waals surface area contributed by atoms with Gasteiger partial charge in [-0.1, -0.05) is 23.7 Å². The Balaban J connectivity index is 0.00000288. The second-order valence-electron chi connectivity index (χ2n) is 5.79. The van der Waals surface area contributed by atoms with Crippen LogP contribution < -0.4 is 10.6 Å². The summed E-state index contributed by atoms with van der Waals surface area (Å²) in [6.07, 6.45) is 1.59. The normalized spacial score (nSPS) is 19.6. The summed E-state index contributed by atoms with van der Waals surface area (Å²) < 4.78 is 23.0. The highest BCUT2D eigenvalue weighted by Crippen LogP contribution is 2.18. The summed E-state index contributed by atoms with van der Waals surface area (Å²) in [5, 5.41) is 7.21. The molecule has 0 aromatic heterocycles. The molecule has 2 N–H and O–H groups in total. The van der Waals surface area contributed by atoms with E-state index in [1.165, 1.54) is 5.56 Å². The smallest absolute Gasteiger partial charge is 0.191 e. The second-order valence-corrected chi connectivity index (χ2v) is 8.46. The fraction of sp³-hybridized carbons (Fsp3) is 0.562. The van der Waals surface area contributed by atoms with E-state index in [0.717, 1.165) is 36.9 Å². The molecule has 136 valence electrons. The summed E-state index contributed by atoms with van der Waals surface area (Å²) >= 11 is 5.87. The van der Waals surface area contributed by atoms with E-state index >= 15 is 0 Å². The van der Waals surface area contributed by atoms with Gasteiger partial charge in [-0.3, -0.25) is 4.99 Å². The summed E-state index contributed by atoms with van der Waals surface area (Å²) in [5.74, 6) is 1.45. The van der Waals surface area contributed by atoms with Gasteiger partial charge in [0.2, 0.25) is 0 Å². The zero-order chi connectivity index (χ0) is 16.7. The van der Waals surface area contributed by atoms with Gasteiger partial charge in [0.25, 0.3) is 0 Å². The van der Waals surface area contributed by atoms with Gasteiger partial charge in [0.1, 0.15) is 0 Å². The maximum atomic E-state index is 11.5. The number of rotatable bonds is 6. The van der Waals surface area contributed by atoms with E-state index in [4.69, 9.17) is 11.6 Å². The molecule has 8 heteroatoms. The lowest BCUT2D eigenvalue weighted by Gasteiger charge is -2.12. The van der Waals surface area contributed by atoms with Gasteiger partial charge in [-0.2, -0.15) is 0 Å². The van der Waals surface area contributed by atoms with E-state index < -0.39 is 9.84 Å². The third-order valence-corrected chi connectivity index (χ3v) is 5.89. The quantitative estimate of drug-likeness (QED) is 0.369. The molecule has 1 heterocycles. The number of sulfone groups is 1. The van der Waals surface area contributed by atoms with Gasteiger partial charge in [-0.25, -0.2) is 8.42 Å². The predicted octanol–water partition coefficient (Wildman–Crippen LogP) is 2.49. The minimum atomic E-state index is -2.83. The van der Waals surface area contributed by atoms with Crippen LogP contribution in [0.15, 0.2) is 29.3 Å². The van der Waals surface area contributed by atoms with Crippen LogP contribution in [0.3, 0.4) is 0 Å². The van der Waals surface area contributed by atoms with Gasteiger partial charge in [0, 0.05) is 24.7 Å². The molecule has 1 aliphatic rings. The van der Waals surface area contributed by atoms with E-state index in [1.54, 1.807) is 0 Å². The molecule has 0 saturated carbocycles. The molecular weight excluding hydrogens is 461 g/mol. The Morgan fingerprint density at radius 2 is 2.00 bits per heavy atom. The van der Waals surface area contributed by atoms with Crippen LogP contribution in [0.25, 0.3) is 0 Å². The molecule has 0 aliphatic carbocycles. The largest absolute Gasteiger partial charge is 0.357 e. The first-order chi connectivity index (χ1) is 11.0. The highest BCUT2D eigenvalue weighted by molar-refractivity contribution is 14.0. The lowest BCUT2D eigenvalue weighted by molar-refractivity contribution is 0.589. The summed E-state index contributed by atoms with van der Waals surface area (Å²) in [5.41, 5.74) is 1.21. The summed E-state index contributed by atoms with van der Waals surface area (Å²) in [6.45, 7) is 4.10. The standard InChI is InChI=1S/C16H24ClN3O2S.HI/c1-2-18-16(20-11-14-8-10-23(21,22)12-14)19-9-7-13-3-5-15(17)6-4-13;/h3-6,14H,2,7-12H2,1H3,(H2,18,19,20);1H. The maximum absolute atomic E-state index is 11.5. The molecule has 0 bridgehead atoms. The molecule has 1 fully saturated rings. The molecular formula is C16H25ClIN3O2S. The van der Waals surface area contributed by atoms with Crippen LogP contribution >= 0.6 is 35.6 Å². The predicted molar refractivity (Wildman–Crippen MR) is 111 cm³/mol. The number of halogens is 2. The fourth-order valence-electron chi connectivity index (χ4n) is 2.55. The Kier molecular flexibility index (Phi) is 9.36. The number of guanidine groups is 1. The zero-order valence-electron chi connectivity index (χ0n) is 13.8. The van der Waals surface area contributed by atoms with Crippen molar-refractivity contribution in [3.63, 3.8) is 0 Å². The van der Waals surface area contributed by atoms with Crippen molar-refractivity contribution < 1.29 is 8.42 Å². The maximum Gasteiger partial charge on any atom is 0.191 e. The third-order valence-electron chi connectivity index (χ3n) is 3.80. The van der Waals surface area contributed by atoms with Gasteiger partial charge in [-0.05, 0) is 43.4 Å². The first kappa shape index (κ1) is 21.5. The Morgan fingerprint density at radius 3 is 2.58 bits per heavy atom. The molecule has 1 aliphatic heterocycles. The van der Waals surface area contributed by atoms with Crippen LogP contribution in [-0.4, -0.2) is 45.5 Å². The van der Waals surface area contributed by atoms with Gasteiger partial charge in [0.05, 0.1) is 11.5 Å². The highest BCUT2D eigenvalue weighted by atomic mass is 127. The van der Waals surface area contributed by atoms with Crippen LogP contribution in [0.5, 0.6) is 0 Å². The van der Waals surface area contributed by atoms with Crippen molar-refractivity contribution in [3.8, 4) is 0 Å². The second kappa shape index (κ2) is 10.5. The first-order valence-corrected chi connectivity index (χ1v) is 10.2. The van der Waals surface area contributed by atoms with Crippen LogP contribution in [0.1, 0.15) is 18.9 Å². The molecule has 0 amide bonds. The Morgan fingerprint density at radius 1 is 1.29 bits per heavy atom. The number of aliphatic imine (C=N–C) groups is 1. The van der Waals surface area contributed by atoms with E-state index in [-0.39, 0.29) is 35.6 Å². The molecule has 5 nitrogen and oxygen atoms in total. The molecule has 2 rings (SSSR count). The van der Waals surface area contributed by atoms with E-state index in [2.05, 4.69) is 15.6 Å². The molecule has 1 atom stereocenters. The fourth-order valence-corrected chi connectivity index (χ4v) is 4.53. The van der Waals surface area contributed by atoms with Crippen LogP contribution in [0.4, 0.5) is 0 Å². The molecule has 0 spiro atoms. The van der Waals surface area contributed by atoms with Gasteiger partial charge >= 0.3 is 0 Å². The first-order valence-electron chi connectivity index (χ1n) is 7.95. The average molecular weight is 486 g/mol. The van der Waals surface area contributed by atoms with Crippen molar-refractivity contribution in [1.29, 1.82) is 0 Å². The van der Waals surface area contributed by atoms with Gasteiger partial charge in [-0.15, -0.1) is 24.0 Å². The molecule has 24 heavy (non-hydrogen) atoms. The van der Waals surface area contributed by atoms with Crippen molar-refractivity contribution in [2.24, 2.45) is 10.9 Å². The van der Waals surface area contributed by atoms with Gasteiger partial charge in [0.15, 0.2) is 15.8 Å². The lowest BCUT2D eigenvalue weighted by Crippen LogP contribution is -2.38. The molecule has 1 saturated heterocycles. The third kappa shape index (κ3) is 7.57. The summed E-state index contributed by atoms with van der Waals surface area (Å²) in [7, 11) is -2.83. The van der Waals surface area contributed by atoms with Gasteiger partial charge < -0.3 is 10.6 Å². The monoisotopic (exact) mass is 485 g/mol. The SMILES string of the molecule is CCNC(=NCC1CCS(=O)(=O)C1)NCCc1ccc(Cl)cc1.I. The number of hydrogen-bond donors (Lipinski definition) is 2. The van der Waals surface area contributed by atoms with E-state index in [1.807, 2.05) is 31.2 Å². The summed E-state index contributed by atoms with van der Waals surface area (Å²) in [6, 6.07) is 7.79. The Hall–Kier alpha value is -0.540. The minimum Gasteiger partial charge on any atom is -0.357 e. The average Bonchev–Trinajstić information content (AvgIpc) is 2.86. The van der Waals surface area contributed by atoms with E-state index in [0.29, 0.717) is 12.3 Å². The van der Waals surface area contributed by atoms with Crippen LogP contribution in [-0.2, 0) is 16.3 Å². The van der Waals surface area contributed by atoms with Crippen molar-refractivity contribution in [1.82, 2.24) is 10.6 Å². The van der Waals surface area contributed by atoms with Crippen molar-refractivity contribution in [2.75, 3.05) is 31.1 Å². The summed E-state index contributed by atoms with van der Waals surface area (Å²) in [4.78, 5) is 4.52. The number of benzene rings is 1. The van der Waals surface area contributed by atoms with Crippen LogP contribution in [0.2, 0.25) is 5.02 Å². The minimum absolute atomic E-state index is 0. The number of hydrogen-bond acceptors (Lipinski definition) is 3. The Labute approximate surface area is 166 Å². The molecule has 1 unspecified atom stereocenters. The Bertz CT molecular complexity index is 635. The van der Waals surface area contributed by atoms with Crippen molar-refractivity contribution in [3.05, 3.63) is 34.9 Å². The number of nitrogens with zero attached hydrogens (tertiary/aromatic N) is 1. The molecule has 0 radical (unpaired) electrons. The number of nitrogens with one attached hydrogen (secondary N) is 2. The zero-order valence-corrected chi connectivity index (χ0v) is 17.7.